The first kappa shape index (κ1) is 24.2. The van der Waals surface area contributed by atoms with E-state index in [0.717, 1.165) is 64.7 Å². The van der Waals surface area contributed by atoms with Gasteiger partial charge in [-0.05, 0) is 83.1 Å². The standard InChI is InChI=1S/C25H36N4O3S/c1-18(2)27-12-14-28(15-13-27)25(30)21-5-7-22(8-6-21)29(23-9-10-23)33(31,32)24-11-4-20(17-26)16-19(24)3/h4,11,16,18,21-23H,5-10,12-15H2,1-3H3/t21-,22-. The molecule has 0 N–H and O–H groups in total. The Morgan fingerprint density at radius 2 is 1.61 bits per heavy atom. The summed E-state index contributed by atoms with van der Waals surface area (Å²) in [4.78, 5) is 17.8. The molecule has 1 amide bonds. The molecule has 3 fully saturated rings. The van der Waals surface area contributed by atoms with Crippen molar-refractivity contribution >= 4 is 15.9 Å². The van der Waals surface area contributed by atoms with Gasteiger partial charge in [0.1, 0.15) is 0 Å². The lowest BCUT2D eigenvalue weighted by Gasteiger charge is -2.40. The highest BCUT2D eigenvalue weighted by atomic mass is 32.2. The van der Waals surface area contributed by atoms with Gasteiger partial charge in [-0.3, -0.25) is 9.69 Å². The van der Waals surface area contributed by atoms with Gasteiger partial charge in [0.05, 0.1) is 16.5 Å². The number of benzene rings is 1. The number of piperazine rings is 1. The van der Waals surface area contributed by atoms with E-state index in [9.17, 15) is 13.2 Å². The molecule has 0 spiro atoms. The summed E-state index contributed by atoms with van der Waals surface area (Å²) in [6.45, 7) is 9.57. The van der Waals surface area contributed by atoms with Crippen LogP contribution < -0.4 is 0 Å². The normalized spacial score (nSPS) is 24.8. The molecule has 0 unspecified atom stereocenters. The summed E-state index contributed by atoms with van der Waals surface area (Å²) in [6.07, 6.45) is 4.75. The third kappa shape index (κ3) is 5.11. The van der Waals surface area contributed by atoms with Gasteiger partial charge >= 0.3 is 0 Å². The van der Waals surface area contributed by atoms with Crippen LogP contribution in [0.15, 0.2) is 23.1 Å². The maximum atomic E-state index is 13.6. The van der Waals surface area contributed by atoms with E-state index in [1.807, 2.05) is 4.90 Å². The van der Waals surface area contributed by atoms with Gasteiger partial charge in [-0.15, -0.1) is 0 Å². The Morgan fingerprint density at radius 1 is 1.03 bits per heavy atom. The molecule has 3 aliphatic rings. The molecule has 0 aromatic heterocycles. The number of nitrogens with zero attached hydrogens (tertiary/aromatic N) is 4. The van der Waals surface area contributed by atoms with Gasteiger partial charge in [0.15, 0.2) is 0 Å². The number of aryl methyl sites for hydroxylation is 1. The van der Waals surface area contributed by atoms with Crippen LogP contribution in [0.1, 0.15) is 63.5 Å². The number of rotatable bonds is 6. The number of carbonyl (C=O) groups is 1. The van der Waals surface area contributed by atoms with Crippen LogP contribution in [0.5, 0.6) is 0 Å². The molecule has 2 saturated carbocycles. The Labute approximate surface area is 198 Å². The predicted molar refractivity (Wildman–Crippen MR) is 127 cm³/mol. The second-order valence-electron chi connectivity index (χ2n) is 10.1. The minimum absolute atomic E-state index is 0.00672. The van der Waals surface area contributed by atoms with Crippen molar-refractivity contribution in [2.75, 3.05) is 26.2 Å². The smallest absolute Gasteiger partial charge is 0.243 e. The Hall–Kier alpha value is -1.95. The van der Waals surface area contributed by atoms with Crippen molar-refractivity contribution in [2.24, 2.45) is 5.92 Å². The number of hydrogen-bond donors (Lipinski definition) is 0. The largest absolute Gasteiger partial charge is 0.340 e. The molecule has 2 aliphatic carbocycles. The number of carbonyl (C=O) groups excluding carboxylic acids is 1. The Morgan fingerprint density at radius 3 is 2.09 bits per heavy atom. The molecule has 1 aliphatic heterocycles. The van der Waals surface area contributed by atoms with Gasteiger partial charge in [0.2, 0.25) is 15.9 Å². The topological polar surface area (TPSA) is 84.7 Å². The van der Waals surface area contributed by atoms with E-state index in [-0.39, 0.29) is 23.9 Å². The molecule has 8 heteroatoms. The molecule has 4 rings (SSSR count). The average molecular weight is 473 g/mol. The van der Waals surface area contributed by atoms with Crippen LogP contribution in [0.25, 0.3) is 0 Å². The molecule has 7 nitrogen and oxygen atoms in total. The summed E-state index contributed by atoms with van der Waals surface area (Å²) in [7, 11) is -3.64. The van der Waals surface area contributed by atoms with E-state index in [1.165, 1.54) is 0 Å². The third-order valence-corrected chi connectivity index (χ3v) is 9.69. The van der Waals surface area contributed by atoms with Crippen molar-refractivity contribution in [3.8, 4) is 6.07 Å². The SMILES string of the molecule is Cc1cc(C#N)ccc1S(=O)(=O)N(C1CC1)[C@H]1CC[C@H](C(=O)N2CCN(C(C)C)CC2)CC1. The number of hydrogen-bond acceptors (Lipinski definition) is 5. The Bertz CT molecular complexity index is 1010. The fourth-order valence-corrected chi connectivity index (χ4v) is 7.58. The van der Waals surface area contributed by atoms with E-state index < -0.39 is 10.0 Å². The van der Waals surface area contributed by atoms with Crippen molar-refractivity contribution in [2.45, 2.75) is 82.3 Å². The van der Waals surface area contributed by atoms with Crippen molar-refractivity contribution in [3.05, 3.63) is 29.3 Å². The summed E-state index contributed by atoms with van der Waals surface area (Å²) in [5, 5.41) is 9.12. The first-order valence-corrected chi connectivity index (χ1v) is 13.7. The van der Waals surface area contributed by atoms with Gasteiger partial charge in [0, 0.05) is 50.2 Å². The minimum atomic E-state index is -3.64. The maximum absolute atomic E-state index is 13.6. The second kappa shape index (κ2) is 9.73. The molecular weight excluding hydrogens is 436 g/mol. The number of amides is 1. The molecule has 1 aromatic carbocycles. The summed E-state index contributed by atoms with van der Waals surface area (Å²) < 4.78 is 29.0. The highest BCUT2D eigenvalue weighted by molar-refractivity contribution is 7.89. The van der Waals surface area contributed by atoms with Crippen molar-refractivity contribution in [3.63, 3.8) is 0 Å². The summed E-state index contributed by atoms with van der Waals surface area (Å²) in [6, 6.07) is 7.39. The van der Waals surface area contributed by atoms with Crippen molar-refractivity contribution < 1.29 is 13.2 Å². The van der Waals surface area contributed by atoms with Gasteiger partial charge in [0.25, 0.3) is 0 Å². The van der Waals surface area contributed by atoms with Crippen LogP contribution in [0.4, 0.5) is 0 Å². The van der Waals surface area contributed by atoms with Crippen LogP contribution in [0.3, 0.4) is 0 Å². The zero-order valence-electron chi connectivity index (χ0n) is 20.0. The summed E-state index contributed by atoms with van der Waals surface area (Å²) >= 11 is 0. The number of nitriles is 1. The molecule has 1 heterocycles. The molecule has 1 saturated heterocycles. The van der Waals surface area contributed by atoms with Gasteiger partial charge in [-0.2, -0.15) is 9.57 Å². The predicted octanol–water partition coefficient (Wildman–Crippen LogP) is 3.13. The fourth-order valence-electron chi connectivity index (χ4n) is 5.44. The molecule has 0 atom stereocenters. The van der Waals surface area contributed by atoms with Crippen LogP contribution in [-0.2, 0) is 14.8 Å². The van der Waals surface area contributed by atoms with Crippen LogP contribution in [0.2, 0.25) is 0 Å². The van der Waals surface area contributed by atoms with E-state index in [2.05, 4.69) is 24.8 Å². The average Bonchev–Trinajstić information content (AvgIpc) is 3.63. The molecule has 180 valence electrons. The highest BCUT2D eigenvalue weighted by Crippen LogP contribution is 2.40. The van der Waals surface area contributed by atoms with E-state index >= 15 is 0 Å². The quantitative estimate of drug-likeness (QED) is 0.635. The monoisotopic (exact) mass is 472 g/mol. The van der Waals surface area contributed by atoms with Crippen molar-refractivity contribution in [1.29, 1.82) is 5.26 Å². The lowest BCUT2D eigenvalue weighted by molar-refractivity contribution is -0.138. The van der Waals surface area contributed by atoms with Gasteiger partial charge < -0.3 is 4.90 Å². The van der Waals surface area contributed by atoms with Crippen LogP contribution >= 0.6 is 0 Å². The lowest BCUT2D eigenvalue weighted by Crippen LogP contribution is -2.52. The van der Waals surface area contributed by atoms with Crippen LogP contribution in [0, 0.1) is 24.2 Å². The fraction of sp³-hybridized carbons (Fsp3) is 0.680. The third-order valence-electron chi connectivity index (χ3n) is 7.53. The molecule has 0 bridgehead atoms. The lowest BCUT2D eigenvalue weighted by atomic mass is 9.85. The second-order valence-corrected chi connectivity index (χ2v) is 11.9. The van der Waals surface area contributed by atoms with Gasteiger partial charge in [-0.1, -0.05) is 0 Å². The minimum Gasteiger partial charge on any atom is -0.340 e. The van der Waals surface area contributed by atoms with E-state index in [1.54, 1.807) is 29.4 Å². The first-order chi connectivity index (χ1) is 15.7. The summed E-state index contributed by atoms with van der Waals surface area (Å²) in [5.74, 6) is 0.257. The van der Waals surface area contributed by atoms with Gasteiger partial charge in [-0.25, -0.2) is 8.42 Å². The zero-order chi connectivity index (χ0) is 23.8. The highest BCUT2D eigenvalue weighted by Gasteiger charge is 2.44. The van der Waals surface area contributed by atoms with E-state index in [0.29, 0.717) is 22.1 Å². The molecule has 33 heavy (non-hydrogen) atoms. The van der Waals surface area contributed by atoms with Crippen LogP contribution in [-0.4, -0.2) is 72.7 Å². The Kier molecular flexibility index (Phi) is 7.13. The number of sulfonamides is 1. The molecule has 0 radical (unpaired) electrons. The Balaban J connectivity index is 1.41. The van der Waals surface area contributed by atoms with E-state index in [4.69, 9.17) is 5.26 Å². The molecule has 1 aromatic rings. The first-order valence-electron chi connectivity index (χ1n) is 12.3. The maximum Gasteiger partial charge on any atom is 0.243 e. The molecular formula is C25H36N4O3S. The zero-order valence-corrected chi connectivity index (χ0v) is 20.9. The summed E-state index contributed by atoms with van der Waals surface area (Å²) in [5.41, 5.74) is 1.08. The van der Waals surface area contributed by atoms with Crippen molar-refractivity contribution in [1.82, 2.24) is 14.1 Å².